The molecule has 0 bridgehead atoms. The highest BCUT2D eigenvalue weighted by molar-refractivity contribution is 6.29. The van der Waals surface area contributed by atoms with Crippen molar-refractivity contribution in [2.24, 2.45) is 0 Å². The molecule has 0 aliphatic carbocycles. The lowest BCUT2D eigenvalue weighted by atomic mass is 10.1. The SMILES string of the molecule is CCCc1nc(Cl)cc(-c2ccc(C)c(F)c2F)n1. The van der Waals surface area contributed by atoms with Crippen molar-refractivity contribution in [3.63, 3.8) is 0 Å². The van der Waals surface area contributed by atoms with Crippen LogP contribution < -0.4 is 0 Å². The predicted molar refractivity (Wildman–Crippen MR) is 71.1 cm³/mol. The Balaban J connectivity index is 2.55. The fourth-order valence-electron chi connectivity index (χ4n) is 1.78. The molecule has 100 valence electrons. The van der Waals surface area contributed by atoms with Crippen LogP contribution in [0.15, 0.2) is 18.2 Å². The smallest absolute Gasteiger partial charge is 0.168 e. The quantitative estimate of drug-likeness (QED) is 0.783. The maximum absolute atomic E-state index is 13.9. The van der Waals surface area contributed by atoms with E-state index in [-0.39, 0.29) is 16.3 Å². The molecule has 19 heavy (non-hydrogen) atoms. The second kappa shape index (κ2) is 5.61. The summed E-state index contributed by atoms with van der Waals surface area (Å²) in [6.07, 6.45) is 1.49. The molecule has 0 aliphatic rings. The summed E-state index contributed by atoms with van der Waals surface area (Å²) in [4.78, 5) is 8.28. The number of halogens is 3. The topological polar surface area (TPSA) is 25.8 Å². The van der Waals surface area contributed by atoms with E-state index in [0.29, 0.717) is 17.9 Å². The number of hydrogen-bond donors (Lipinski definition) is 0. The van der Waals surface area contributed by atoms with Gasteiger partial charge in [-0.2, -0.15) is 0 Å². The molecule has 0 N–H and O–H groups in total. The first kappa shape index (κ1) is 13.9. The zero-order valence-electron chi connectivity index (χ0n) is 10.7. The van der Waals surface area contributed by atoms with Gasteiger partial charge < -0.3 is 0 Å². The van der Waals surface area contributed by atoms with E-state index in [1.807, 2.05) is 6.92 Å². The summed E-state index contributed by atoms with van der Waals surface area (Å²) >= 11 is 5.89. The normalized spacial score (nSPS) is 10.8. The number of hydrogen-bond acceptors (Lipinski definition) is 2. The molecule has 0 saturated heterocycles. The van der Waals surface area contributed by atoms with Crippen LogP contribution in [0.5, 0.6) is 0 Å². The third-order valence-electron chi connectivity index (χ3n) is 2.77. The molecule has 0 fully saturated rings. The molecule has 1 aromatic heterocycles. The van der Waals surface area contributed by atoms with E-state index in [9.17, 15) is 8.78 Å². The van der Waals surface area contributed by atoms with Gasteiger partial charge in [-0.05, 0) is 25.0 Å². The molecule has 0 unspecified atom stereocenters. The van der Waals surface area contributed by atoms with Crippen molar-refractivity contribution in [3.8, 4) is 11.3 Å². The van der Waals surface area contributed by atoms with E-state index in [1.54, 1.807) is 0 Å². The minimum absolute atomic E-state index is 0.102. The van der Waals surface area contributed by atoms with Crippen LogP contribution in [-0.4, -0.2) is 9.97 Å². The van der Waals surface area contributed by atoms with Crippen molar-refractivity contribution in [1.29, 1.82) is 0 Å². The first-order chi connectivity index (χ1) is 9.02. The summed E-state index contributed by atoms with van der Waals surface area (Å²) in [5.74, 6) is -1.23. The van der Waals surface area contributed by atoms with Crippen LogP contribution in [0.25, 0.3) is 11.3 Å². The van der Waals surface area contributed by atoms with Gasteiger partial charge in [-0.3, -0.25) is 0 Å². The average molecular weight is 283 g/mol. The van der Waals surface area contributed by atoms with Crippen molar-refractivity contribution in [2.75, 3.05) is 0 Å². The Morgan fingerprint density at radius 1 is 1.16 bits per heavy atom. The molecule has 0 spiro atoms. The predicted octanol–water partition coefficient (Wildman–Crippen LogP) is 4.34. The van der Waals surface area contributed by atoms with E-state index in [4.69, 9.17) is 11.6 Å². The average Bonchev–Trinajstić information content (AvgIpc) is 2.36. The Labute approximate surface area is 115 Å². The fourth-order valence-corrected chi connectivity index (χ4v) is 1.98. The first-order valence-electron chi connectivity index (χ1n) is 6.01. The molecule has 0 saturated carbocycles. The number of rotatable bonds is 3. The molecule has 2 nitrogen and oxygen atoms in total. The number of aromatic nitrogens is 2. The number of nitrogens with zero attached hydrogens (tertiary/aromatic N) is 2. The minimum Gasteiger partial charge on any atom is -0.233 e. The Morgan fingerprint density at radius 3 is 2.58 bits per heavy atom. The lowest BCUT2D eigenvalue weighted by Crippen LogP contribution is -2.00. The monoisotopic (exact) mass is 282 g/mol. The molecule has 5 heteroatoms. The highest BCUT2D eigenvalue weighted by Crippen LogP contribution is 2.26. The van der Waals surface area contributed by atoms with Gasteiger partial charge in [0.25, 0.3) is 0 Å². The van der Waals surface area contributed by atoms with E-state index in [1.165, 1.54) is 25.1 Å². The maximum Gasteiger partial charge on any atom is 0.168 e. The molecule has 1 heterocycles. The third-order valence-corrected chi connectivity index (χ3v) is 2.96. The van der Waals surface area contributed by atoms with Gasteiger partial charge in [-0.1, -0.05) is 24.6 Å². The summed E-state index contributed by atoms with van der Waals surface area (Å²) in [5, 5.41) is 0.230. The van der Waals surface area contributed by atoms with Gasteiger partial charge in [0.2, 0.25) is 0 Å². The van der Waals surface area contributed by atoms with Gasteiger partial charge in [-0.15, -0.1) is 0 Å². The van der Waals surface area contributed by atoms with Gasteiger partial charge in [0.05, 0.1) is 5.69 Å². The Bertz CT molecular complexity index is 615. The van der Waals surface area contributed by atoms with Gasteiger partial charge in [0.1, 0.15) is 11.0 Å². The highest BCUT2D eigenvalue weighted by atomic mass is 35.5. The van der Waals surface area contributed by atoms with Crippen LogP contribution in [0.2, 0.25) is 5.15 Å². The molecule has 1 aromatic carbocycles. The zero-order chi connectivity index (χ0) is 14.0. The van der Waals surface area contributed by atoms with E-state index < -0.39 is 11.6 Å². The van der Waals surface area contributed by atoms with Crippen molar-refractivity contribution >= 4 is 11.6 Å². The summed E-state index contributed by atoms with van der Waals surface area (Å²) in [6, 6.07) is 4.46. The second-order valence-electron chi connectivity index (χ2n) is 4.30. The lowest BCUT2D eigenvalue weighted by Gasteiger charge is -2.07. The minimum atomic E-state index is -0.905. The van der Waals surface area contributed by atoms with E-state index >= 15 is 0 Å². The van der Waals surface area contributed by atoms with E-state index in [0.717, 1.165) is 6.42 Å². The molecule has 0 amide bonds. The Kier molecular flexibility index (Phi) is 4.10. The Morgan fingerprint density at radius 2 is 1.89 bits per heavy atom. The number of aryl methyl sites for hydroxylation is 2. The maximum atomic E-state index is 13.9. The van der Waals surface area contributed by atoms with Gasteiger partial charge in [-0.25, -0.2) is 18.7 Å². The van der Waals surface area contributed by atoms with Crippen LogP contribution in [0.3, 0.4) is 0 Å². The van der Waals surface area contributed by atoms with E-state index in [2.05, 4.69) is 9.97 Å². The molecular formula is C14H13ClF2N2. The molecule has 2 rings (SSSR count). The summed E-state index contributed by atoms with van der Waals surface area (Å²) < 4.78 is 27.5. The van der Waals surface area contributed by atoms with Gasteiger partial charge >= 0.3 is 0 Å². The third kappa shape index (κ3) is 2.89. The van der Waals surface area contributed by atoms with Crippen LogP contribution in [0.4, 0.5) is 8.78 Å². The second-order valence-corrected chi connectivity index (χ2v) is 4.69. The van der Waals surface area contributed by atoms with Gasteiger partial charge in [0, 0.05) is 18.1 Å². The lowest BCUT2D eigenvalue weighted by molar-refractivity contribution is 0.505. The van der Waals surface area contributed by atoms with Crippen molar-refractivity contribution in [1.82, 2.24) is 9.97 Å². The number of benzene rings is 1. The largest absolute Gasteiger partial charge is 0.233 e. The van der Waals surface area contributed by atoms with Crippen LogP contribution >= 0.6 is 11.6 Å². The summed E-state index contributed by atoms with van der Waals surface area (Å²) in [5.41, 5.74) is 0.666. The van der Waals surface area contributed by atoms with Crippen LogP contribution in [0, 0.1) is 18.6 Å². The van der Waals surface area contributed by atoms with Gasteiger partial charge in [0.15, 0.2) is 11.6 Å². The van der Waals surface area contributed by atoms with Crippen molar-refractivity contribution in [3.05, 3.63) is 46.4 Å². The molecule has 2 aromatic rings. The van der Waals surface area contributed by atoms with Crippen LogP contribution in [0.1, 0.15) is 24.7 Å². The Hall–Kier alpha value is -1.55. The molecular weight excluding hydrogens is 270 g/mol. The van der Waals surface area contributed by atoms with Crippen molar-refractivity contribution < 1.29 is 8.78 Å². The molecule has 0 radical (unpaired) electrons. The standard InChI is InChI=1S/C14H13ClF2N2/c1-3-4-12-18-10(7-11(15)19-12)9-6-5-8(2)13(16)14(9)17/h5-7H,3-4H2,1-2H3. The summed E-state index contributed by atoms with van der Waals surface area (Å²) in [7, 11) is 0. The summed E-state index contributed by atoms with van der Waals surface area (Å²) in [6.45, 7) is 3.49. The van der Waals surface area contributed by atoms with Crippen molar-refractivity contribution in [2.45, 2.75) is 26.7 Å². The first-order valence-corrected chi connectivity index (χ1v) is 6.39. The molecule has 0 aliphatic heterocycles. The molecule has 0 atom stereocenters. The zero-order valence-corrected chi connectivity index (χ0v) is 11.4. The fraction of sp³-hybridized carbons (Fsp3) is 0.286. The highest BCUT2D eigenvalue weighted by Gasteiger charge is 2.15. The van der Waals surface area contributed by atoms with Crippen LogP contribution in [-0.2, 0) is 6.42 Å².